The third-order valence-electron chi connectivity index (χ3n) is 3.55. The number of nitrogens with zero attached hydrogens (tertiary/aromatic N) is 1. The predicted octanol–water partition coefficient (Wildman–Crippen LogP) is 3.92. The Balaban J connectivity index is 2.03. The lowest BCUT2D eigenvalue weighted by atomic mass is 9.93. The van der Waals surface area contributed by atoms with E-state index >= 15 is 0 Å². The maximum Gasteiger partial charge on any atom is 0.123 e. The summed E-state index contributed by atoms with van der Waals surface area (Å²) in [5, 5.41) is 3.40. The van der Waals surface area contributed by atoms with E-state index in [2.05, 4.69) is 24.1 Å². The maximum absolute atomic E-state index is 13.0. The number of benzene rings is 1. The van der Waals surface area contributed by atoms with Crippen molar-refractivity contribution in [3.63, 3.8) is 0 Å². The summed E-state index contributed by atoms with van der Waals surface area (Å²) >= 11 is 1.72. The summed E-state index contributed by atoms with van der Waals surface area (Å²) in [6.45, 7) is 6.05. The standard InChI is InChI=1S/C16H21FN2S/c1-3-18-10-14(13-4-7-15(17)8-5-13)6-9-16-12(2)19-11-20-16/h4-5,7-8,11,14,18H,3,6,9-10H2,1-2H3. The third-order valence-corrected chi connectivity index (χ3v) is 4.54. The summed E-state index contributed by atoms with van der Waals surface area (Å²) in [7, 11) is 0. The number of hydrogen-bond donors (Lipinski definition) is 1. The van der Waals surface area contributed by atoms with Gasteiger partial charge in [0.05, 0.1) is 11.2 Å². The van der Waals surface area contributed by atoms with E-state index in [1.54, 1.807) is 23.5 Å². The fourth-order valence-corrected chi connectivity index (χ4v) is 3.11. The zero-order chi connectivity index (χ0) is 14.4. The first kappa shape index (κ1) is 15.1. The molecule has 2 aromatic rings. The normalized spacial score (nSPS) is 12.6. The molecule has 0 amide bonds. The third kappa shape index (κ3) is 4.12. The van der Waals surface area contributed by atoms with E-state index in [9.17, 15) is 4.39 Å². The van der Waals surface area contributed by atoms with Gasteiger partial charge in [0.15, 0.2) is 0 Å². The van der Waals surface area contributed by atoms with Crippen LogP contribution in [0.3, 0.4) is 0 Å². The highest BCUT2D eigenvalue weighted by Crippen LogP contribution is 2.24. The fourth-order valence-electron chi connectivity index (χ4n) is 2.31. The maximum atomic E-state index is 13.0. The summed E-state index contributed by atoms with van der Waals surface area (Å²) < 4.78 is 13.0. The summed E-state index contributed by atoms with van der Waals surface area (Å²) in [5.74, 6) is 0.242. The fraction of sp³-hybridized carbons (Fsp3) is 0.438. The van der Waals surface area contributed by atoms with E-state index in [1.165, 1.54) is 10.4 Å². The first-order valence-electron chi connectivity index (χ1n) is 7.05. The molecule has 1 atom stereocenters. The molecule has 20 heavy (non-hydrogen) atoms. The lowest BCUT2D eigenvalue weighted by molar-refractivity contribution is 0.560. The van der Waals surface area contributed by atoms with Crippen LogP contribution in [0.25, 0.3) is 0 Å². The Morgan fingerprint density at radius 3 is 2.65 bits per heavy atom. The van der Waals surface area contributed by atoms with Crippen molar-refractivity contribution in [2.24, 2.45) is 0 Å². The van der Waals surface area contributed by atoms with Gasteiger partial charge in [0, 0.05) is 11.4 Å². The van der Waals surface area contributed by atoms with E-state index in [-0.39, 0.29) is 5.82 Å². The van der Waals surface area contributed by atoms with Crippen LogP contribution in [0.5, 0.6) is 0 Å². The number of nitrogens with one attached hydrogen (secondary N) is 1. The van der Waals surface area contributed by atoms with Crippen LogP contribution in [0.1, 0.15) is 35.4 Å². The van der Waals surface area contributed by atoms with E-state index < -0.39 is 0 Å². The summed E-state index contributed by atoms with van der Waals surface area (Å²) in [6.07, 6.45) is 2.09. The lowest BCUT2D eigenvalue weighted by Crippen LogP contribution is -2.21. The van der Waals surface area contributed by atoms with Crippen LogP contribution in [-0.4, -0.2) is 18.1 Å². The number of aryl methyl sites for hydroxylation is 2. The predicted molar refractivity (Wildman–Crippen MR) is 82.9 cm³/mol. The van der Waals surface area contributed by atoms with Crippen LogP contribution in [-0.2, 0) is 6.42 Å². The van der Waals surface area contributed by atoms with Gasteiger partial charge in [-0.2, -0.15) is 0 Å². The highest BCUT2D eigenvalue weighted by atomic mass is 32.1. The van der Waals surface area contributed by atoms with Crippen LogP contribution >= 0.6 is 11.3 Å². The molecular formula is C16H21FN2S. The average molecular weight is 292 g/mol. The first-order chi connectivity index (χ1) is 9.70. The number of hydrogen-bond acceptors (Lipinski definition) is 3. The molecule has 0 bridgehead atoms. The van der Waals surface area contributed by atoms with Gasteiger partial charge in [-0.3, -0.25) is 0 Å². The van der Waals surface area contributed by atoms with Gasteiger partial charge < -0.3 is 5.32 Å². The van der Waals surface area contributed by atoms with Crippen molar-refractivity contribution in [2.45, 2.75) is 32.6 Å². The molecule has 0 saturated heterocycles. The van der Waals surface area contributed by atoms with Crippen molar-refractivity contribution < 1.29 is 4.39 Å². The Hall–Kier alpha value is -1.26. The molecule has 0 fully saturated rings. The monoisotopic (exact) mass is 292 g/mol. The molecule has 1 aromatic heterocycles. The minimum atomic E-state index is -0.172. The number of thiazole rings is 1. The Labute approximate surface area is 124 Å². The zero-order valence-electron chi connectivity index (χ0n) is 12.0. The molecule has 0 aliphatic heterocycles. The molecular weight excluding hydrogens is 271 g/mol. The van der Waals surface area contributed by atoms with Crippen molar-refractivity contribution in [1.82, 2.24) is 10.3 Å². The largest absolute Gasteiger partial charge is 0.316 e. The number of likely N-dealkylation sites (N-methyl/N-ethyl adjacent to an activating group) is 1. The second kappa shape index (κ2) is 7.50. The molecule has 4 heteroatoms. The highest BCUT2D eigenvalue weighted by Gasteiger charge is 2.13. The van der Waals surface area contributed by atoms with Crippen LogP contribution in [0.4, 0.5) is 4.39 Å². The Kier molecular flexibility index (Phi) is 5.68. The van der Waals surface area contributed by atoms with Gasteiger partial charge in [-0.1, -0.05) is 19.1 Å². The SMILES string of the molecule is CCNCC(CCc1scnc1C)c1ccc(F)cc1. The van der Waals surface area contributed by atoms with Gasteiger partial charge in [-0.15, -0.1) is 11.3 Å². The Morgan fingerprint density at radius 1 is 1.30 bits per heavy atom. The molecule has 2 rings (SSSR count). The van der Waals surface area contributed by atoms with Crippen LogP contribution in [0.2, 0.25) is 0 Å². The molecule has 0 aliphatic rings. The number of rotatable bonds is 7. The van der Waals surface area contributed by atoms with Gasteiger partial charge in [0.2, 0.25) is 0 Å². The van der Waals surface area contributed by atoms with Crippen molar-refractivity contribution in [3.8, 4) is 0 Å². The second-order valence-corrected chi connectivity index (χ2v) is 5.90. The first-order valence-corrected chi connectivity index (χ1v) is 7.93. The van der Waals surface area contributed by atoms with E-state index in [0.717, 1.165) is 31.6 Å². The van der Waals surface area contributed by atoms with Gasteiger partial charge in [0.1, 0.15) is 5.82 Å². The van der Waals surface area contributed by atoms with Gasteiger partial charge in [-0.05, 0) is 49.9 Å². The summed E-state index contributed by atoms with van der Waals surface area (Å²) in [6, 6.07) is 6.90. The van der Waals surface area contributed by atoms with Crippen molar-refractivity contribution in [1.29, 1.82) is 0 Å². The molecule has 108 valence electrons. The molecule has 1 N–H and O–H groups in total. The molecule has 1 unspecified atom stereocenters. The highest BCUT2D eigenvalue weighted by molar-refractivity contribution is 7.09. The minimum absolute atomic E-state index is 0.172. The smallest absolute Gasteiger partial charge is 0.123 e. The lowest BCUT2D eigenvalue weighted by Gasteiger charge is -2.17. The number of halogens is 1. The van der Waals surface area contributed by atoms with Crippen LogP contribution in [0.15, 0.2) is 29.8 Å². The Morgan fingerprint density at radius 2 is 2.05 bits per heavy atom. The van der Waals surface area contributed by atoms with E-state index in [1.807, 2.05) is 17.6 Å². The minimum Gasteiger partial charge on any atom is -0.316 e. The summed E-state index contributed by atoms with van der Waals surface area (Å²) in [5.41, 5.74) is 4.24. The summed E-state index contributed by atoms with van der Waals surface area (Å²) in [4.78, 5) is 5.65. The van der Waals surface area contributed by atoms with E-state index in [0.29, 0.717) is 5.92 Å². The van der Waals surface area contributed by atoms with Gasteiger partial charge in [-0.25, -0.2) is 9.37 Å². The van der Waals surface area contributed by atoms with Crippen molar-refractivity contribution >= 4 is 11.3 Å². The van der Waals surface area contributed by atoms with E-state index in [4.69, 9.17) is 0 Å². The molecule has 2 nitrogen and oxygen atoms in total. The van der Waals surface area contributed by atoms with Gasteiger partial charge >= 0.3 is 0 Å². The molecule has 1 aromatic carbocycles. The average Bonchev–Trinajstić information content (AvgIpc) is 2.86. The van der Waals surface area contributed by atoms with Crippen LogP contribution in [0, 0.1) is 12.7 Å². The van der Waals surface area contributed by atoms with Crippen LogP contribution < -0.4 is 5.32 Å². The van der Waals surface area contributed by atoms with Crippen molar-refractivity contribution in [2.75, 3.05) is 13.1 Å². The molecule has 0 spiro atoms. The van der Waals surface area contributed by atoms with Gasteiger partial charge in [0.25, 0.3) is 0 Å². The topological polar surface area (TPSA) is 24.9 Å². The number of aromatic nitrogens is 1. The van der Waals surface area contributed by atoms with Crippen molar-refractivity contribution in [3.05, 3.63) is 51.7 Å². The molecule has 0 radical (unpaired) electrons. The second-order valence-electron chi connectivity index (χ2n) is 4.96. The molecule has 0 aliphatic carbocycles. The molecule has 1 heterocycles. The zero-order valence-corrected chi connectivity index (χ0v) is 12.8. The Bertz CT molecular complexity index is 522. The quantitative estimate of drug-likeness (QED) is 0.836. The molecule has 0 saturated carbocycles.